The molecule has 0 unspecified atom stereocenters. The molecule has 0 amide bonds. The van der Waals surface area contributed by atoms with Crippen LogP contribution in [-0.2, 0) is 10.0 Å². The van der Waals surface area contributed by atoms with Crippen molar-refractivity contribution < 1.29 is 8.42 Å². The molecule has 0 aliphatic heterocycles. The SMILES string of the molecule is Cc1cc2c(-c3ccc(S(=O)(=O)NCCN)cc3)ccnc2[nH]1. The summed E-state index contributed by atoms with van der Waals surface area (Å²) in [4.78, 5) is 7.73. The molecule has 3 aromatic rings. The van der Waals surface area contributed by atoms with Gasteiger partial charge >= 0.3 is 0 Å². The molecule has 0 radical (unpaired) electrons. The van der Waals surface area contributed by atoms with Crippen molar-refractivity contribution in [1.29, 1.82) is 0 Å². The van der Waals surface area contributed by atoms with Gasteiger partial charge in [-0.1, -0.05) is 12.1 Å². The van der Waals surface area contributed by atoms with E-state index in [0.717, 1.165) is 27.9 Å². The third kappa shape index (κ3) is 3.12. The molecule has 7 heteroatoms. The van der Waals surface area contributed by atoms with E-state index < -0.39 is 10.0 Å². The van der Waals surface area contributed by atoms with Gasteiger partial charge in [0.15, 0.2) is 0 Å². The molecule has 1 aromatic carbocycles. The first-order valence-corrected chi connectivity index (χ1v) is 8.74. The van der Waals surface area contributed by atoms with Gasteiger partial charge < -0.3 is 10.7 Å². The number of hydrogen-bond donors (Lipinski definition) is 3. The predicted octanol–water partition coefficient (Wildman–Crippen LogP) is 1.78. The Hall–Kier alpha value is -2.22. The van der Waals surface area contributed by atoms with Crippen molar-refractivity contribution in [2.45, 2.75) is 11.8 Å². The number of sulfonamides is 1. The molecule has 120 valence electrons. The number of hydrogen-bond acceptors (Lipinski definition) is 4. The second-order valence-electron chi connectivity index (χ2n) is 5.28. The van der Waals surface area contributed by atoms with E-state index in [9.17, 15) is 8.42 Å². The Morgan fingerprint density at radius 2 is 1.96 bits per heavy atom. The number of aryl methyl sites for hydroxylation is 1. The van der Waals surface area contributed by atoms with E-state index in [1.807, 2.05) is 19.1 Å². The molecule has 2 aromatic heterocycles. The van der Waals surface area contributed by atoms with Crippen LogP contribution in [0.1, 0.15) is 5.69 Å². The van der Waals surface area contributed by atoms with E-state index in [0.29, 0.717) is 0 Å². The standard InChI is InChI=1S/C16H18N4O2S/c1-11-10-15-14(6-8-18-16(15)20-11)12-2-4-13(5-3-12)23(21,22)19-9-7-17/h2-6,8,10,19H,7,9,17H2,1H3,(H,18,20). The predicted molar refractivity (Wildman–Crippen MR) is 90.5 cm³/mol. The second-order valence-corrected chi connectivity index (χ2v) is 7.05. The lowest BCUT2D eigenvalue weighted by atomic mass is 10.0. The quantitative estimate of drug-likeness (QED) is 0.663. The first-order valence-electron chi connectivity index (χ1n) is 7.26. The molecule has 4 N–H and O–H groups in total. The number of nitrogens with one attached hydrogen (secondary N) is 2. The van der Waals surface area contributed by atoms with Crippen molar-refractivity contribution >= 4 is 21.1 Å². The summed E-state index contributed by atoms with van der Waals surface area (Å²) in [6, 6.07) is 10.7. The van der Waals surface area contributed by atoms with Crippen LogP contribution in [0.25, 0.3) is 22.2 Å². The smallest absolute Gasteiger partial charge is 0.240 e. The largest absolute Gasteiger partial charge is 0.344 e. The van der Waals surface area contributed by atoms with Gasteiger partial charge in [-0.25, -0.2) is 18.1 Å². The highest BCUT2D eigenvalue weighted by atomic mass is 32.2. The summed E-state index contributed by atoms with van der Waals surface area (Å²) in [5.41, 5.74) is 9.14. The average Bonchev–Trinajstić information content (AvgIpc) is 2.93. The molecule has 2 heterocycles. The fourth-order valence-electron chi connectivity index (χ4n) is 2.50. The van der Waals surface area contributed by atoms with Crippen LogP contribution in [0.4, 0.5) is 0 Å². The molecule has 6 nitrogen and oxygen atoms in total. The van der Waals surface area contributed by atoms with Crippen LogP contribution in [-0.4, -0.2) is 31.5 Å². The fourth-order valence-corrected chi connectivity index (χ4v) is 3.55. The zero-order chi connectivity index (χ0) is 16.4. The number of benzene rings is 1. The Kier molecular flexibility index (Phi) is 4.16. The second kappa shape index (κ2) is 6.11. The summed E-state index contributed by atoms with van der Waals surface area (Å²) in [5.74, 6) is 0. The highest BCUT2D eigenvalue weighted by molar-refractivity contribution is 7.89. The van der Waals surface area contributed by atoms with Crippen molar-refractivity contribution in [3.05, 3.63) is 48.3 Å². The Bertz CT molecular complexity index is 930. The van der Waals surface area contributed by atoms with Crippen LogP contribution in [0.15, 0.2) is 47.5 Å². The Morgan fingerprint density at radius 3 is 2.65 bits per heavy atom. The fraction of sp³-hybridized carbons (Fsp3) is 0.188. The number of aromatic amines is 1. The summed E-state index contributed by atoms with van der Waals surface area (Å²) >= 11 is 0. The van der Waals surface area contributed by atoms with Gasteiger partial charge in [-0.05, 0) is 42.3 Å². The van der Waals surface area contributed by atoms with E-state index in [-0.39, 0.29) is 18.0 Å². The number of nitrogens with zero attached hydrogens (tertiary/aromatic N) is 1. The molecule has 0 saturated carbocycles. The van der Waals surface area contributed by atoms with Crippen LogP contribution in [0.3, 0.4) is 0 Å². The van der Waals surface area contributed by atoms with Crippen molar-refractivity contribution in [3.63, 3.8) is 0 Å². The topological polar surface area (TPSA) is 101 Å². The van der Waals surface area contributed by atoms with Gasteiger partial charge in [0.05, 0.1) is 4.90 Å². The number of H-pyrrole nitrogens is 1. The molecule has 0 fully saturated rings. The van der Waals surface area contributed by atoms with Crippen LogP contribution in [0.5, 0.6) is 0 Å². The van der Waals surface area contributed by atoms with Gasteiger partial charge in [0.25, 0.3) is 0 Å². The maximum Gasteiger partial charge on any atom is 0.240 e. The van der Waals surface area contributed by atoms with Gasteiger partial charge in [-0.2, -0.15) is 0 Å². The van der Waals surface area contributed by atoms with E-state index >= 15 is 0 Å². The van der Waals surface area contributed by atoms with E-state index in [2.05, 4.69) is 14.7 Å². The van der Waals surface area contributed by atoms with E-state index in [1.54, 1.807) is 30.5 Å². The summed E-state index contributed by atoms with van der Waals surface area (Å²) in [6.07, 6.45) is 1.74. The van der Waals surface area contributed by atoms with E-state index in [1.165, 1.54) is 0 Å². The molecule has 0 bridgehead atoms. The molecular weight excluding hydrogens is 312 g/mol. The molecule has 23 heavy (non-hydrogen) atoms. The molecule has 3 rings (SSSR count). The van der Waals surface area contributed by atoms with Crippen LogP contribution < -0.4 is 10.5 Å². The Balaban J connectivity index is 1.99. The molecule has 0 aliphatic carbocycles. The Labute approximate surface area is 134 Å². The first kappa shape index (κ1) is 15.7. The number of pyridine rings is 1. The van der Waals surface area contributed by atoms with Gasteiger partial charge in [0.1, 0.15) is 5.65 Å². The third-order valence-corrected chi connectivity index (χ3v) is 5.06. The van der Waals surface area contributed by atoms with Gasteiger partial charge in [0.2, 0.25) is 10.0 Å². The van der Waals surface area contributed by atoms with Crippen molar-refractivity contribution in [2.75, 3.05) is 13.1 Å². The van der Waals surface area contributed by atoms with Gasteiger partial charge in [0, 0.05) is 30.4 Å². The van der Waals surface area contributed by atoms with Crippen molar-refractivity contribution in [3.8, 4) is 11.1 Å². The zero-order valence-electron chi connectivity index (χ0n) is 12.7. The summed E-state index contributed by atoms with van der Waals surface area (Å²) in [6.45, 7) is 2.46. The van der Waals surface area contributed by atoms with Crippen molar-refractivity contribution in [1.82, 2.24) is 14.7 Å². The molecule has 0 spiro atoms. The minimum absolute atomic E-state index is 0.220. The summed E-state index contributed by atoms with van der Waals surface area (Å²) < 4.78 is 26.6. The van der Waals surface area contributed by atoms with Crippen LogP contribution >= 0.6 is 0 Å². The number of rotatable bonds is 5. The average molecular weight is 330 g/mol. The van der Waals surface area contributed by atoms with E-state index in [4.69, 9.17) is 5.73 Å². The lowest BCUT2D eigenvalue weighted by molar-refractivity contribution is 0.582. The first-order chi connectivity index (χ1) is 11.0. The van der Waals surface area contributed by atoms with Crippen LogP contribution in [0.2, 0.25) is 0 Å². The summed E-state index contributed by atoms with van der Waals surface area (Å²) in [5, 5.41) is 1.02. The third-order valence-electron chi connectivity index (χ3n) is 3.58. The Morgan fingerprint density at radius 1 is 1.22 bits per heavy atom. The zero-order valence-corrected chi connectivity index (χ0v) is 13.5. The van der Waals surface area contributed by atoms with Gasteiger partial charge in [-0.15, -0.1) is 0 Å². The molecule has 0 saturated heterocycles. The summed E-state index contributed by atoms with van der Waals surface area (Å²) in [7, 11) is -3.51. The number of aromatic nitrogens is 2. The lowest BCUT2D eigenvalue weighted by Crippen LogP contribution is -2.29. The number of fused-ring (bicyclic) bond motifs is 1. The minimum Gasteiger partial charge on any atom is -0.344 e. The molecule has 0 aliphatic rings. The molecule has 0 atom stereocenters. The normalized spacial score (nSPS) is 11.9. The maximum atomic E-state index is 12.1. The lowest BCUT2D eigenvalue weighted by Gasteiger charge is -2.07. The minimum atomic E-state index is -3.51. The van der Waals surface area contributed by atoms with Crippen LogP contribution in [0, 0.1) is 6.92 Å². The number of nitrogens with two attached hydrogens (primary N) is 1. The maximum absolute atomic E-state index is 12.1. The monoisotopic (exact) mass is 330 g/mol. The highest BCUT2D eigenvalue weighted by Crippen LogP contribution is 2.28. The van der Waals surface area contributed by atoms with Crippen molar-refractivity contribution in [2.24, 2.45) is 5.73 Å². The molecular formula is C16H18N4O2S. The highest BCUT2D eigenvalue weighted by Gasteiger charge is 2.13. The van der Waals surface area contributed by atoms with Gasteiger partial charge in [-0.3, -0.25) is 0 Å².